The molecule has 0 aromatic heterocycles. The maximum absolute atomic E-state index is 13.2. The number of aromatic hydroxyl groups is 2. The Morgan fingerprint density at radius 1 is 0.970 bits per heavy atom. The third-order valence-electron chi connectivity index (χ3n) is 5.30. The van der Waals surface area contributed by atoms with Crippen molar-refractivity contribution >= 4 is 17.7 Å². The summed E-state index contributed by atoms with van der Waals surface area (Å²) in [6.45, 7) is 5.71. The summed E-state index contributed by atoms with van der Waals surface area (Å²) in [5.74, 6) is -1.96. The number of phenols is 2. The zero-order chi connectivity index (χ0) is 24.1. The molecule has 0 spiro atoms. The molecule has 1 aliphatic heterocycles. The lowest BCUT2D eigenvalue weighted by atomic mass is 10.1. The summed E-state index contributed by atoms with van der Waals surface area (Å²) in [7, 11) is 0. The number of phenolic OH excluding ortho intramolecular Hbond substituents is 2. The van der Waals surface area contributed by atoms with Crippen LogP contribution in [0, 0.1) is 0 Å². The van der Waals surface area contributed by atoms with Crippen molar-refractivity contribution in [3.8, 4) is 11.5 Å². The molecular weight excluding hydrogens is 428 g/mol. The number of amides is 3. The van der Waals surface area contributed by atoms with Gasteiger partial charge in [-0.05, 0) is 38.5 Å². The molecule has 1 heterocycles. The zero-order valence-corrected chi connectivity index (χ0v) is 18.9. The van der Waals surface area contributed by atoms with E-state index in [1.54, 1.807) is 4.90 Å². The van der Waals surface area contributed by atoms with Crippen molar-refractivity contribution in [1.29, 1.82) is 0 Å². The highest BCUT2D eigenvalue weighted by atomic mass is 16.3. The molecule has 0 aliphatic carbocycles. The highest BCUT2D eigenvalue weighted by Gasteiger charge is 2.27. The summed E-state index contributed by atoms with van der Waals surface area (Å²) in [5.41, 5.74) is 5.63. The second-order valence-corrected chi connectivity index (χ2v) is 8.06. The van der Waals surface area contributed by atoms with Gasteiger partial charge in [-0.25, -0.2) is 0 Å². The number of nitrogens with one attached hydrogen (secondary N) is 4. The summed E-state index contributed by atoms with van der Waals surface area (Å²) >= 11 is 0. The number of hydrogen-bond donors (Lipinski definition) is 7. The van der Waals surface area contributed by atoms with E-state index in [1.165, 1.54) is 12.1 Å². The molecular formula is C22H36N6O5. The molecule has 11 heteroatoms. The summed E-state index contributed by atoms with van der Waals surface area (Å²) in [4.78, 5) is 39.1. The Bertz CT molecular complexity index is 777. The van der Waals surface area contributed by atoms with Gasteiger partial charge in [0.2, 0.25) is 17.7 Å². The second-order valence-electron chi connectivity index (χ2n) is 8.06. The number of nitrogens with two attached hydrogens (primary N) is 1. The number of hydrogen-bond acceptors (Lipinski definition) is 8. The molecule has 1 fully saturated rings. The minimum Gasteiger partial charge on any atom is -0.508 e. The van der Waals surface area contributed by atoms with E-state index in [9.17, 15) is 24.6 Å². The van der Waals surface area contributed by atoms with E-state index in [4.69, 9.17) is 5.73 Å². The summed E-state index contributed by atoms with van der Waals surface area (Å²) < 4.78 is 0. The highest BCUT2D eigenvalue weighted by Crippen LogP contribution is 2.22. The van der Waals surface area contributed by atoms with Gasteiger partial charge in [-0.15, -0.1) is 0 Å². The van der Waals surface area contributed by atoms with Gasteiger partial charge in [0.25, 0.3) is 0 Å². The number of primary amides is 1. The molecule has 1 aliphatic rings. The van der Waals surface area contributed by atoms with Gasteiger partial charge in [0.15, 0.2) is 0 Å². The fourth-order valence-corrected chi connectivity index (χ4v) is 3.57. The van der Waals surface area contributed by atoms with Crippen LogP contribution in [0.1, 0.15) is 24.8 Å². The molecule has 33 heavy (non-hydrogen) atoms. The summed E-state index contributed by atoms with van der Waals surface area (Å²) in [6.07, 6.45) is 1.16. The molecule has 11 nitrogen and oxygen atoms in total. The smallest absolute Gasteiger partial charge is 0.245 e. The molecule has 1 unspecified atom stereocenters. The largest absolute Gasteiger partial charge is 0.508 e. The van der Waals surface area contributed by atoms with Crippen LogP contribution >= 0.6 is 0 Å². The molecule has 0 radical (unpaired) electrons. The zero-order valence-electron chi connectivity index (χ0n) is 18.9. The van der Waals surface area contributed by atoms with Crippen molar-refractivity contribution in [3.05, 3.63) is 23.8 Å². The standard InChI is InChI=1S/C22H36N6O5/c23-20(31)15-18(27-21(32)13-16-3-4-17(29)14-19(16)30)22(33)28-11-2-7-25-9-8-24-5-1-6-26-10-12-28/h3-4,14,18,24-26,29-30H,1-2,5-13,15H2,(H2,23,31)(H,27,32). The fraction of sp³-hybridized carbons (Fsp3) is 0.591. The molecule has 1 saturated heterocycles. The third kappa shape index (κ3) is 10.1. The van der Waals surface area contributed by atoms with Crippen LogP contribution in [0.25, 0.3) is 0 Å². The molecule has 8 N–H and O–H groups in total. The average molecular weight is 465 g/mol. The number of benzene rings is 1. The Kier molecular flexibility index (Phi) is 11.4. The lowest BCUT2D eigenvalue weighted by molar-refractivity contribution is -0.138. The Morgan fingerprint density at radius 3 is 2.30 bits per heavy atom. The maximum atomic E-state index is 13.2. The quantitative estimate of drug-likeness (QED) is 0.264. The Hall–Kier alpha value is -2.89. The maximum Gasteiger partial charge on any atom is 0.245 e. The van der Waals surface area contributed by atoms with Crippen molar-refractivity contribution < 1.29 is 24.6 Å². The minimum absolute atomic E-state index is 0.126. The Morgan fingerprint density at radius 2 is 1.64 bits per heavy atom. The van der Waals surface area contributed by atoms with E-state index in [2.05, 4.69) is 21.3 Å². The van der Waals surface area contributed by atoms with Crippen molar-refractivity contribution in [2.45, 2.75) is 31.7 Å². The average Bonchev–Trinajstić information content (AvgIpc) is 2.76. The molecule has 2 rings (SSSR count). The van der Waals surface area contributed by atoms with E-state index in [-0.39, 0.29) is 30.2 Å². The van der Waals surface area contributed by atoms with Crippen LogP contribution in [0.4, 0.5) is 0 Å². The van der Waals surface area contributed by atoms with E-state index in [0.717, 1.165) is 51.6 Å². The van der Waals surface area contributed by atoms with Gasteiger partial charge < -0.3 is 42.1 Å². The van der Waals surface area contributed by atoms with Crippen LogP contribution in [0.15, 0.2) is 18.2 Å². The van der Waals surface area contributed by atoms with Crippen molar-refractivity contribution in [2.24, 2.45) is 5.73 Å². The van der Waals surface area contributed by atoms with Crippen LogP contribution in [-0.2, 0) is 20.8 Å². The predicted molar refractivity (Wildman–Crippen MR) is 124 cm³/mol. The second kappa shape index (κ2) is 14.3. The van der Waals surface area contributed by atoms with Crippen LogP contribution in [0.3, 0.4) is 0 Å². The van der Waals surface area contributed by atoms with E-state index >= 15 is 0 Å². The summed E-state index contributed by atoms with van der Waals surface area (Å²) in [5, 5.41) is 31.9. The number of rotatable bonds is 6. The predicted octanol–water partition coefficient (Wildman–Crippen LogP) is -1.61. The van der Waals surface area contributed by atoms with E-state index in [1.807, 2.05) is 0 Å². The first kappa shape index (κ1) is 26.4. The molecule has 3 amide bonds. The third-order valence-corrected chi connectivity index (χ3v) is 5.30. The van der Waals surface area contributed by atoms with Gasteiger partial charge in [-0.2, -0.15) is 0 Å². The molecule has 1 atom stereocenters. The van der Waals surface area contributed by atoms with Gasteiger partial charge in [0.1, 0.15) is 17.5 Å². The minimum atomic E-state index is -1.09. The van der Waals surface area contributed by atoms with E-state index in [0.29, 0.717) is 25.2 Å². The van der Waals surface area contributed by atoms with Crippen LogP contribution in [0.5, 0.6) is 11.5 Å². The Labute approximate surface area is 194 Å². The number of carbonyl (C=O) groups is 3. The summed E-state index contributed by atoms with van der Waals surface area (Å²) in [6, 6.07) is 2.81. The first-order valence-electron chi connectivity index (χ1n) is 11.4. The van der Waals surface area contributed by atoms with Gasteiger partial charge >= 0.3 is 0 Å². The molecule has 0 bridgehead atoms. The lowest BCUT2D eigenvalue weighted by Crippen LogP contribution is -2.52. The molecule has 1 aromatic rings. The van der Waals surface area contributed by atoms with Crippen LogP contribution < -0.4 is 27.0 Å². The van der Waals surface area contributed by atoms with Crippen LogP contribution in [0.2, 0.25) is 0 Å². The SMILES string of the molecule is NC(=O)CC(NC(=O)Cc1ccc(O)cc1O)C(=O)N1CCCNCCNCCCNCC1. The van der Waals surface area contributed by atoms with Crippen molar-refractivity contribution in [1.82, 2.24) is 26.2 Å². The fourth-order valence-electron chi connectivity index (χ4n) is 3.57. The molecule has 0 saturated carbocycles. The molecule has 1 aromatic carbocycles. The van der Waals surface area contributed by atoms with Gasteiger partial charge in [-0.3, -0.25) is 14.4 Å². The van der Waals surface area contributed by atoms with E-state index < -0.39 is 17.9 Å². The molecule has 184 valence electrons. The van der Waals surface area contributed by atoms with Crippen molar-refractivity contribution in [3.63, 3.8) is 0 Å². The van der Waals surface area contributed by atoms with Gasteiger partial charge in [-0.1, -0.05) is 6.07 Å². The normalized spacial score (nSPS) is 17.5. The Balaban J connectivity index is 2.03. The number of nitrogens with zero attached hydrogens (tertiary/aromatic N) is 1. The van der Waals surface area contributed by atoms with Crippen molar-refractivity contribution in [2.75, 3.05) is 52.4 Å². The van der Waals surface area contributed by atoms with Gasteiger partial charge in [0.05, 0.1) is 12.8 Å². The first-order valence-corrected chi connectivity index (χ1v) is 11.4. The monoisotopic (exact) mass is 464 g/mol. The number of carbonyl (C=O) groups excluding carboxylic acids is 3. The first-order chi connectivity index (χ1) is 15.9. The van der Waals surface area contributed by atoms with Crippen LogP contribution in [-0.4, -0.2) is 91.2 Å². The highest BCUT2D eigenvalue weighted by molar-refractivity contribution is 5.92. The topological polar surface area (TPSA) is 169 Å². The lowest BCUT2D eigenvalue weighted by Gasteiger charge is -2.28. The van der Waals surface area contributed by atoms with Gasteiger partial charge in [0, 0.05) is 44.4 Å².